The lowest BCUT2D eigenvalue weighted by Crippen LogP contribution is -2.02. The lowest BCUT2D eigenvalue weighted by molar-refractivity contribution is 1.13. The van der Waals surface area contributed by atoms with Crippen LogP contribution in [0.25, 0.3) is 10.9 Å². The van der Waals surface area contributed by atoms with Crippen molar-refractivity contribution < 1.29 is 0 Å². The Morgan fingerprint density at radius 3 is 2.76 bits per heavy atom. The van der Waals surface area contributed by atoms with E-state index in [1.807, 2.05) is 24.0 Å². The topological polar surface area (TPSA) is 24.9 Å². The highest BCUT2D eigenvalue weighted by Crippen LogP contribution is 2.27. The van der Waals surface area contributed by atoms with Gasteiger partial charge in [-0.3, -0.25) is 4.98 Å². The molecule has 1 aromatic heterocycles. The molecule has 106 valence electrons. The van der Waals surface area contributed by atoms with Crippen molar-refractivity contribution in [2.75, 3.05) is 11.1 Å². The third-order valence-corrected chi connectivity index (χ3v) is 4.33. The molecule has 0 amide bonds. The number of anilines is 1. The molecule has 0 unspecified atom stereocenters. The lowest BCUT2D eigenvalue weighted by atomic mass is 10.1. The minimum Gasteiger partial charge on any atom is -0.380 e. The van der Waals surface area contributed by atoms with Gasteiger partial charge in [0, 0.05) is 28.7 Å². The number of fused-ring (bicyclic) bond motifs is 1. The average molecular weight is 294 g/mol. The first-order chi connectivity index (χ1) is 10.4. The predicted molar refractivity (Wildman–Crippen MR) is 91.9 cm³/mol. The van der Waals surface area contributed by atoms with Crippen molar-refractivity contribution in [1.82, 2.24) is 4.98 Å². The summed E-state index contributed by atoms with van der Waals surface area (Å²) in [6.45, 7) is 2.96. The smallest absolute Gasteiger partial charge is 0.0751 e. The second kappa shape index (κ2) is 6.64. The monoisotopic (exact) mass is 294 g/mol. The van der Waals surface area contributed by atoms with Crippen molar-refractivity contribution in [1.29, 1.82) is 0 Å². The van der Waals surface area contributed by atoms with E-state index in [-0.39, 0.29) is 0 Å². The number of pyridine rings is 1. The molecule has 0 aliphatic heterocycles. The molecule has 3 rings (SSSR count). The molecule has 0 aliphatic rings. The van der Waals surface area contributed by atoms with Crippen molar-refractivity contribution >= 4 is 28.4 Å². The summed E-state index contributed by atoms with van der Waals surface area (Å²) >= 11 is 1.86. The van der Waals surface area contributed by atoms with E-state index in [2.05, 4.69) is 65.8 Å². The molecule has 3 aromatic rings. The molecule has 0 atom stereocenters. The number of hydrogen-bond acceptors (Lipinski definition) is 3. The number of para-hydroxylation sites is 2. The van der Waals surface area contributed by atoms with Crippen molar-refractivity contribution in [3.63, 3.8) is 0 Å². The van der Waals surface area contributed by atoms with Crippen LogP contribution in [-0.2, 0) is 6.54 Å². The molecule has 0 radical (unpaired) electrons. The van der Waals surface area contributed by atoms with Gasteiger partial charge in [0.25, 0.3) is 0 Å². The molecule has 0 fully saturated rings. The van der Waals surface area contributed by atoms with E-state index in [1.165, 1.54) is 21.5 Å². The Bertz CT molecular complexity index is 735. The molecule has 1 N–H and O–H groups in total. The van der Waals surface area contributed by atoms with Gasteiger partial charge in [0.15, 0.2) is 0 Å². The maximum atomic E-state index is 4.51. The van der Waals surface area contributed by atoms with E-state index in [4.69, 9.17) is 0 Å². The number of benzene rings is 2. The van der Waals surface area contributed by atoms with Crippen LogP contribution in [0.2, 0.25) is 0 Å². The zero-order chi connectivity index (χ0) is 14.5. The fourth-order valence-electron chi connectivity index (χ4n) is 2.39. The van der Waals surface area contributed by atoms with E-state index < -0.39 is 0 Å². The number of thioether (sulfide) groups is 1. The van der Waals surface area contributed by atoms with Crippen LogP contribution in [0.15, 0.2) is 65.7 Å². The Morgan fingerprint density at radius 2 is 1.86 bits per heavy atom. The summed E-state index contributed by atoms with van der Waals surface area (Å²) in [5.74, 6) is 1.08. The maximum Gasteiger partial charge on any atom is 0.0751 e. The van der Waals surface area contributed by atoms with Crippen LogP contribution >= 0.6 is 11.8 Å². The molecule has 0 spiro atoms. The summed E-state index contributed by atoms with van der Waals surface area (Å²) in [6.07, 6.45) is 1.85. The molecule has 2 aromatic carbocycles. The van der Waals surface area contributed by atoms with Crippen molar-refractivity contribution in [3.05, 3.63) is 66.4 Å². The second-order valence-electron chi connectivity index (χ2n) is 4.77. The van der Waals surface area contributed by atoms with E-state index >= 15 is 0 Å². The largest absolute Gasteiger partial charge is 0.380 e. The minimum atomic E-state index is 0.787. The Hall–Kier alpha value is -2.00. The van der Waals surface area contributed by atoms with Gasteiger partial charge in [0.05, 0.1) is 5.52 Å². The van der Waals surface area contributed by atoms with Gasteiger partial charge in [-0.25, -0.2) is 0 Å². The third kappa shape index (κ3) is 3.19. The van der Waals surface area contributed by atoms with Gasteiger partial charge in [0.1, 0.15) is 0 Å². The van der Waals surface area contributed by atoms with Crippen LogP contribution in [0.3, 0.4) is 0 Å². The minimum absolute atomic E-state index is 0.787. The zero-order valence-corrected chi connectivity index (χ0v) is 12.9. The Kier molecular flexibility index (Phi) is 4.41. The summed E-state index contributed by atoms with van der Waals surface area (Å²) in [5, 5.41) is 4.73. The highest BCUT2D eigenvalue weighted by Gasteiger charge is 2.04. The molecule has 21 heavy (non-hydrogen) atoms. The molecule has 1 heterocycles. The van der Waals surface area contributed by atoms with Gasteiger partial charge in [-0.15, -0.1) is 11.8 Å². The first-order valence-corrected chi connectivity index (χ1v) is 8.15. The summed E-state index contributed by atoms with van der Waals surface area (Å²) in [7, 11) is 0. The van der Waals surface area contributed by atoms with E-state index in [9.17, 15) is 0 Å². The number of hydrogen-bond donors (Lipinski definition) is 1. The third-order valence-electron chi connectivity index (χ3n) is 3.37. The first kappa shape index (κ1) is 14.0. The number of nitrogens with zero attached hydrogens (tertiary/aromatic N) is 1. The molecule has 3 heteroatoms. The van der Waals surface area contributed by atoms with E-state index in [0.29, 0.717) is 0 Å². The number of nitrogens with one attached hydrogen (secondary N) is 1. The van der Waals surface area contributed by atoms with Crippen LogP contribution in [0, 0.1) is 0 Å². The van der Waals surface area contributed by atoms with Gasteiger partial charge < -0.3 is 5.32 Å². The van der Waals surface area contributed by atoms with Gasteiger partial charge in [-0.1, -0.05) is 43.3 Å². The van der Waals surface area contributed by atoms with Gasteiger partial charge in [0.2, 0.25) is 0 Å². The quantitative estimate of drug-likeness (QED) is 0.673. The lowest BCUT2D eigenvalue weighted by Gasteiger charge is -2.12. The first-order valence-electron chi connectivity index (χ1n) is 7.17. The highest BCUT2D eigenvalue weighted by atomic mass is 32.2. The molecule has 0 saturated carbocycles. The predicted octanol–water partition coefficient (Wildman–Crippen LogP) is 4.96. The molecule has 0 bridgehead atoms. The van der Waals surface area contributed by atoms with Gasteiger partial charge in [-0.05, 0) is 29.5 Å². The maximum absolute atomic E-state index is 4.51. The summed E-state index contributed by atoms with van der Waals surface area (Å²) in [5.41, 5.74) is 3.50. The highest BCUT2D eigenvalue weighted by molar-refractivity contribution is 7.99. The van der Waals surface area contributed by atoms with Gasteiger partial charge >= 0.3 is 0 Å². The van der Waals surface area contributed by atoms with Crippen LogP contribution in [0.1, 0.15) is 12.5 Å². The molecule has 0 aliphatic carbocycles. The summed E-state index contributed by atoms with van der Waals surface area (Å²) < 4.78 is 0. The fraction of sp³-hybridized carbons (Fsp3) is 0.167. The summed E-state index contributed by atoms with van der Waals surface area (Å²) in [6, 6.07) is 18.9. The van der Waals surface area contributed by atoms with Crippen molar-refractivity contribution in [3.8, 4) is 0 Å². The molecule has 2 nitrogen and oxygen atoms in total. The van der Waals surface area contributed by atoms with E-state index in [1.54, 1.807) is 0 Å². The van der Waals surface area contributed by atoms with Crippen LogP contribution in [-0.4, -0.2) is 10.7 Å². The van der Waals surface area contributed by atoms with Crippen LogP contribution in [0.4, 0.5) is 5.69 Å². The van der Waals surface area contributed by atoms with E-state index in [0.717, 1.165) is 17.8 Å². The Balaban J connectivity index is 1.84. The van der Waals surface area contributed by atoms with Gasteiger partial charge in [-0.2, -0.15) is 0 Å². The second-order valence-corrected chi connectivity index (χ2v) is 6.08. The normalized spacial score (nSPS) is 10.7. The summed E-state index contributed by atoms with van der Waals surface area (Å²) in [4.78, 5) is 5.81. The SMILES string of the molecule is CCSc1ccccc1NCc1cccc2cccnc12. The zero-order valence-electron chi connectivity index (χ0n) is 12.0. The number of rotatable bonds is 5. The standard InChI is InChI=1S/C18H18N2S/c1-2-21-17-11-4-3-10-16(17)20-13-15-8-5-7-14-9-6-12-19-18(14)15/h3-12,20H,2,13H2,1H3. The Labute approximate surface area is 129 Å². The average Bonchev–Trinajstić information content (AvgIpc) is 2.54. The fourth-order valence-corrected chi connectivity index (χ4v) is 3.18. The van der Waals surface area contributed by atoms with Crippen molar-refractivity contribution in [2.24, 2.45) is 0 Å². The van der Waals surface area contributed by atoms with Crippen molar-refractivity contribution in [2.45, 2.75) is 18.4 Å². The number of aromatic nitrogens is 1. The van der Waals surface area contributed by atoms with Crippen LogP contribution < -0.4 is 5.32 Å². The van der Waals surface area contributed by atoms with Crippen LogP contribution in [0.5, 0.6) is 0 Å². The molecular weight excluding hydrogens is 276 g/mol. The molecular formula is C18H18N2S. The Morgan fingerprint density at radius 1 is 1.00 bits per heavy atom. The molecule has 0 saturated heterocycles.